The Morgan fingerprint density at radius 1 is 1.21 bits per heavy atom. The minimum atomic E-state index is -0.194. The summed E-state index contributed by atoms with van der Waals surface area (Å²) in [5, 5.41) is 14.7. The van der Waals surface area contributed by atoms with Crippen LogP contribution in [0.15, 0.2) is 28.7 Å². The Balaban J connectivity index is 1.71. The first-order chi connectivity index (χ1) is 11.4. The van der Waals surface area contributed by atoms with Crippen LogP contribution < -0.4 is 5.32 Å². The molecule has 0 aliphatic carbocycles. The molecule has 1 aromatic carbocycles. The molecular weight excluding hydrogens is 306 g/mol. The Hall–Kier alpha value is -2.96. The van der Waals surface area contributed by atoms with Gasteiger partial charge in [0.1, 0.15) is 5.69 Å². The topological polar surface area (TPSA) is 85.8 Å². The number of carbonyl (C=O) groups is 1. The molecule has 3 aromatic rings. The van der Waals surface area contributed by atoms with Crippen LogP contribution in [0.3, 0.4) is 0 Å². The Morgan fingerprint density at radius 3 is 2.71 bits per heavy atom. The zero-order valence-corrected chi connectivity index (χ0v) is 14.1. The van der Waals surface area contributed by atoms with E-state index >= 15 is 0 Å². The summed E-state index contributed by atoms with van der Waals surface area (Å²) in [5.74, 6) is 0.125. The first-order valence-electron chi connectivity index (χ1n) is 7.63. The molecule has 0 fully saturated rings. The van der Waals surface area contributed by atoms with Gasteiger partial charge in [0, 0.05) is 7.05 Å². The van der Waals surface area contributed by atoms with Gasteiger partial charge in [0.15, 0.2) is 0 Å². The van der Waals surface area contributed by atoms with Gasteiger partial charge < -0.3 is 4.42 Å². The third-order valence-corrected chi connectivity index (χ3v) is 3.75. The van der Waals surface area contributed by atoms with Crippen molar-refractivity contribution in [1.29, 1.82) is 0 Å². The van der Waals surface area contributed by atoms with Crippen molar-refractivity contribution in [3.63, 3.8) is 0 Å². The predicted octanol–water partition coefficient (Wildman–Crippen LogP) is 2.58. The highest BCUT2D eigenvalue weighted by atomic mass is 16.4. The van der Waals surface area contributed by atoms with E-state index in [0.29, 0.717) is 11.6 Å². The maximum Gasteiger partial charge on any atom is 0.322 e. The number of hydrogen-bond donors (Lipinski definition) is 1. The fourth-order valence-corrected chi connectivity index (χ4v) is 2.52. The van der Waals surface area contributed by atoms with Crippen molar-refractivity contribution in [2.45, 2.75) is 27.2 Å². The minimum Gasteiger partial charge on any atom is -0.401 e. The molecule has 7 nitrogen and oxygen atoms in total. The van der Waals surface area contributed by atoms with E-state index < -0.39 is 0 Å². The van der Waals surface area contributed by atoms with E-state index in [2.05, 4.69) is 20.6 Å². The second kappa shape index (κ2) is 6.27. The standard InChI is InChI=1S/C17H19N5O2/c1-10-5-6-11(2)13(7-10)9-15(23)18-17-20-19-16(24-17)14-8-12(3)21-22(14)4/h5-8H,9H2,1-4H3,(H,18,20,23). The lowest BCUT2D eigenvalue weighted by Gasteiger charge is -2.06. The third-order valence-electron chi connectivity index (χ3n) is 3.75. The molecule has 0 aliphatic rings. The number of rotatable bonds is 4. The average Bonchev–Trinajstić information content (AvgIpc) is 3.09. The van der Waals surface area contributed by atoms with Crippen LogP contribution in [-0.2, 0) is 18.3 Å². The van der Waals surface area contributed by atoms with Crippen LogP contribution in [0.1, 0.15) is 22.4 Å². The number of nitrogens with one attached hydrogen (secondary N) is 1. The van der Waals surface area contributed by atoms with Crippen LogP contribution in [0.5, 0.6) is 0 Å². The molecule has 2 heterocycles. The molecular formula is C17H19N5O2. The van der Waals surface area contributed by atoms with Gasteiger partial charge in [-0.3, -0.25) is 14.8 Å². The third kappa shape index (κ3) is 3.34. The number of aromatic nitrogens is 4. The lowest BCUT2D eigenvalue weighted by atomic mass is 10.0. The molecule has 0 bridgehead atoms. The summed E-state index contributed by atoms with van der Waals surface area (Å²) < 4.78 is 7.17. The van der Waals surface area contributed by atoms with Crippen LogP contribution >= 0.6 is 0 Å². The number of carbonyl (C=O) groups excluding carboxylic acids is 1. The molecule has 7 heteroatoms. The second-order valence-corrected chi connectivity index (χ2v) is 5.86. The molecule has 0 aliphatic heterocycles. The minimum absolute atomic E-state index is 0.0826. The van der Waals surface area contributed by atoms with Gasteiger partial charge in [-0.05, 0) is 38.0 Å². The normalized spacial score (nSPS) is 10.8. The summed E-state index contributed by atoms with van der Waals surface area (Å²) in [7, 11) is 1.80. The van der Waals surface area contributed by atoms with Gasteiger partial charge in [-0.2, -0.15) is 5.10 Å². The molecule has 2 aromatic heterocycles. The number of anilines is 1. The summed E-state index contributed by atoms with van der Waals surface area (Å²) in [6, 6.07) is 7.96. The number of nitrogens with zero attached hydrogens (tertiary/aromatic N) is 4. The Morgan fingerprint density at radius 2 is 2.00 bits per heavy atom. The lowest BCUT2D eigenvalue weighted by Crippen LogP contribution is -2.15. The number of amides is 1. The van der Waals surface area contributed by atoms with Gasteiger partial charge in [0.2, 0.25) is 5.91 Å². The lowest BCUT2D eigenvalue weighted by molar-refractivity contribution is -0.115. The van der Waals surface area contributed by atoms with E-state index in [4.69, 9.17) is 4.42 Å². The Labute approximate surface area is 139 Å². The Bertz CT molecular complexity index is 894. The van der Waals surface area contributed by atoms with Gasteiger partial charge in [0.05, 0.1) is 12.1 Å². The average molecular weight is 325 g/mol. The summed E-state index contributed by atoms with van der Waals surface area (Å²) in [6.07, 6.45) is 0.260. The first-order valence-corrected chi connectivity index (χ1v) is 7.63. The van der Waals surface area contributed by atoms with Crippen molar-refractivity contribution in [1.82, 2.24) is 20.0 Å². The van der Waals surface area contributed by atoms with Crippen LogP contribution in [0.25, 0.3) is 11.6 Å². The largest absolute Gasteiger partial charge is 0.401 e. The highest BCUT2D eigenvalue weighted by molar-refractivity contribution is 5.90. The van der Waals surface area contributed by atoms with Crippen molar-refractivity contribution in [3.8, 4) is 11.6 Å². The molecule has 0 atom stereocenters. The van der Waals surface area contributed by atoms with E-state index in [-0.39, 0.29) is 18.3 Å². The molecule has 124 valence electrons. The number of aryl methyl sites for hydroxylation is 4. The molecule has 24 heavy (non-hydrogen) atoms. The summed E-state index contributed by atoms with van der Waals surface area (Å²) in [4.78, 5) is 12.2. The second-order valence-electron chi connectivity index (χ2n) is 5.86. The SMILES string of the molecule is Cc1ccc(C)c(CC(=O)Nc2nnc(-c3cc(C)nn3C)o2)c1. The van der Waals surface area contributed by atoms with E-state index in [0.717, 1.165) is 22.4 Å². The molecule has 0 saturated carbocycles. The van der Waals surface area contributed by atoms with Crippen molar-refractivity contribution < 1.29 is 9.21 Å². The zero-order valence-electron chi connectivity index (χ0n) is 14.1. The maximum atomic E-state index is 12.2. The fraction of sp³-hybridized carbons (Fsp3) is 0.294. The van der Waals surface area contributed by atoms with E-state index in [1.165, 1.54) is 0 Å². The van der Waals surface area contributed by atoms with E-state index in [1.807, 2.05) is 45.0 Å². The quantitative estimate of drug-likeness (QED) is 0.797. The summed E-state index contributed by atoms with van der Waals surface area (Å²) in [5.41, 5.74) is 4.73. The molecule has 0 spiro atoms. The van der Waals surface area contributed by atoms with Gasteiger partial charge in [-0.25, -0.2) is 0 Å². The maximum absolute atomic E-state index is 12.2. The molecule has 0 radical (unpaired) electrons. The first kappa shape index (κ1) is 15.9. The molecule has 1 amide bonds. The monoisotopic (exact) mass is 325 g/mol. The molecule has 0 saturated heterocycles. The molecule has 1 N–H and O–H groups in total. The van der Waals surface area contributed by atoms with Crippen molar-refractivity contribution >= 4 is 11.9 Å². The highest BCUT2D eigenvalue weighted by Gasteiger charge is 2.15. The highest BCUT2D eigenvalue weighted by Crippen LogP contribution is 2.20. The van der Waals surface area contributed by atoms with Crippen LogP contribution in [0, 0.1) is 20.8 Å². The van der Waals surface area contributed by atoms with E-state index in [1.54, 1.807) is 11.7 Å². The fourth-order valence-electron chi connectivity index (χ4n) is 2.52. The van der Waals surface area contributed by atoms with Gasteiger partial charge in [-0.15, -0.1) is 5.10 Å². The predicted molar refractivity (Wildman–Crippen MR) is 89.5 cm³/mol. The summed E-state index contributed by atoms with van der Waals surface area (Å²) in [6.45, 7) is 5.87. The van der Waals surface area contributed by atoms with Crippen LogP contribution in [0.4, 0.5) is 6.01 Å². The van der Waals surface area contributed by atoms with Crippen LogP contribution in [0.2, 0.25) is 0 Å². The van der Waals surface area contributed by atoms with Crippen molar-refractivity contribution in [3.05, 3.63) is 46.6 Å². The molecule has 3 rings (SSSR count). The number of hydrogen-bond acceptors (Lipinski definition) is 5. The van der Waals surface area contributed by atoms with Gasteiger partial charge in [0.25, 0.3) is 5.89 Å². The van der Waals surface area contributed by atoms with Gasteiger partial charge in [-0.1, -0.05) is 28.9 Å². The van der Waals surface area contributed by atoms with Crippen molar-refractivity contribution in [2.24, 2.45) is 7.05 Å². The van der Waals surface area contributed by atoms with Crippen LogP contribution in [-0.4, -0.2) is 25.9 Å². The van der Waals surface area contributed by atoms with Crippen molar-refractivity contribution in [2.75, 3.05) is 5.32 Å². The van der Waals surface area contributed by atoms with E-state index in [9.17, 15) is 4.79 Å². The molecule has 0 unspecified atom stereocenters. The zero-order chi connectivity index (χ0) is 17.3. The smallest absolute Gasteiger partial charge is 0.322 e. The Kier molecular flexibility index (Phi) is 4.16. The van der Waals surface area contributed by atoms with Gasteiger partial charge >= 0.3 is 6.01 Å². The number of benzene rings is 1. The summed E-state index contributed by atoms with van der Waals surface area (Å²) >= 11 is 0.